The van der Waals surface area contributed by atoms with Crippen LogP contribution in [-0.4, -0.2) is 57.8 Å². The van der Waals surface area contributed by atoms with Crippen molar-refractivity contribution in [3.05, 3.63) is 22.8 Å². The molecule has 1 aromatic heterocycles. The van der Waals surface area contributed by atoms with Crippen molar-refractivity contribution in [2.45, 2.75) is 72.6 Å². The van der Waals surface area contributed by atoms with E-state index in [0.29, 0.717) is 19.4 Å². The van der Waals surface area contributed by atoms with Gasteiger partial charge in [0.15, 0.2) is 0 Å². The largest absolute Gasteiger partial charge is 0.342 e. The highest BCUT2D eigenvalue weighted by Gasteiger charge is 2.31. The molecule has 0 radical (unpaired) electrons. The molecule has 0 bridgehead atoms. The molecule has 0 aromatic carbocycles. The van der Waals surface area contributed by atoms with Crippen LogP contribution in [0.5, 0.6) is 0 Å². The molecule has 0 unspecified atom stereocenters. The summed E-state index contributed by atoms with van der Waals surface area (Å²) in [4.78, 5) is 38.4. The van der Waals surface area contributed by atoms with E-state index in [1.54, 1.807) is 0 Å². The zero-order valence-corrected chi connectivity index (χ0v) is 18.0. The molecule has 2 aliphatic heterocycles. The van der Waals surface area contributed by atoms with Crippen molar-refractivity contribution in [3.63, 3.8) is 0 Å². The van der Waals surface area contributed by atoms with Crippen LogP contribution in [0.1, 0.15) is 75.1 Å². The highest BCUT2D eigenvalue weighted by atomic mass is 16.2. The summed E-state index contributed by atoms with van der Waals surface area (Å²) >= 11 is 0. The first-order chi connectivity index (χ1) is 13.1. The molecule has 0 aliphatic carbocycles. The summed E-state index contributed by atoms with van der Waals surface area (Å²) < 4.78 is 0. The Morgan fingerprint density at radius 2 is 1.57 bits per heavy atom. The second-order valence-electron chi connectivity index (χ2n) is 9.56. The number of nitrogens with zero attached hydrogens (tertiary/aromatic N) is 4. The van der Waals surface area contributed by atoms with Crippen molar-refractivity contribution >= 4 is 11.8 Å². The number of hydrogen-bond donors (Lipinski definition) is 0. The normalized spacial score (nSPS) is 20.1. The van der Waals surface area contributed by atoms with E-state index in [-0.39, 0.29) is 23.1 Å². The fourth-order valence-electron chi connectivity index (χ4n) is 4.20. The smallest absolute Gasteiger partial charge is 0.227 e. The summed E-state index contributed by atoms with van der Waals surface area (Å²) in [6, 6.07) is 0. The fourth-order valence-corrected chi connectivity index (χ4v) is 4.20. The monoisotopic (exact) mass is 386 g/mol. The molecular weight excluding hydrogens is 352 g/mol. The number of carbonyl (C=O) groups excluding carboxylic acids is 2. The Morgan fingerprint density at radius 1 is 0.964 bits per heavy atom. The van der Waals surface area contributed by atoms with Gasteiger partial charge in [-0.3, -0.25) is 9.59 Å². The van der Waals surface area contributed by atoms with E-state index in [1.807, 2.05) is 23.6 Å². The predicted molar refractivity (Wildman–Crippen MR) is 109 cm³/mol. The minimum atomic E-state index is 0.00235. The van der Waals surface area contributed by atoms with Crippen molar-refractivity contribution in [2.75, 3.05) is 26.2 Å². The van der Waals surface area contributed by atoms with E-state index in [9.17, 15) is 9.59 Å². The third-order valence-electron chi connectivity index (χ3n) is 5.81. The average Bonchev–Trinajstić information content (AvgIpc) is 3.27. The Kier molecular flexibility index (Phi) is 6.06. The van der Waals surface area contributed by atoms with Gasteiger partial charge in [0.2, 0.25) is 11.8 Å². The molecule has 3 rings (SSSR count). The van der Waals surface area contributed by atoms with Gasteiger partial charge in [-0.25, -0.2) is 9.97 Å². The van der Waals surface area contributed by atoms with Crippen LogP contribution in [0.3, 0.4) is 0 Å². The Morgan fingerprint density at radius 3 is 2.14 bits per heavy atom. The van der Waals surface area contributed by atoms with E-state index in [1.165, 1.54) is 0 Å². The molecule has 3 heterocycles. The molecule has 0 N–H and O–H groups in total. The summed E-state index contributed by atoms with van der Waals surface area (Å²) in [6.45, 7) is 13.4. The summed E-state index contributed by atoms with van der Waals surface area (Å²) in [7, 11) is 0. The van der Waals surface area contributed by atoms with Crippen LogP contribution in [0.2, 0.25) is 0 Å². The van der Waals surface area contributed by atoms with E-state index < -0.39 is 0 Å². The SMILES string of the molecule is Cc1nc([C@H]2CCN(C(=O)CC(C)(C)C)C2)nc(C)c1CC(=O)N1CCCC1. The van der Waals surface area contributed by atoms with E-state index in [2.05, 4.69) is 20.8 Å². The van der Waals surface area contributed by atoms with Crippen LogP contribution in [0.25, 0.3) is 0 Å². The summed E-state index contributed by atoms with van der Waals surface area (Å²) in [5.74, 6) is 1.40. The first-order valence-corrected chi connectivity index (χ1v) is 10.5. The van der Waals surface area contributed by atoms with Gasteiger partial charge >= 0.3 is 0 Å². The predicted octanol–water partition coefficient (Wildman–Crippen LogP) is 3.01. The Bertz CT molecular complexity index is 724. The molecular formula is C22H34N4O2. The lowest BCUT2D eigenvalue weighted by atomic mass is 9.92. The number of likely N-dealkylation sites (tertiary alicyclic amines) is 2. The number of amides is 2. The van der Waals surface area contributed by atoms with Gasteiger partial charge in [0.25, 0.3) is 0 Å². The van der Waals surface area contributed by atoms with Gasteiger partial charge in [-0.1, -0.05) is 20.8 Å². The highest BCUT2D eigenvalue weighted by molar-refractivity contribution is 5.79. The van der Waals surface area contributed by atoms with Crippen LogP contribution < -0.4 is 0 Å². The van der Waals surface area contributed by atoms with Gasteiger partial charge in [-0.2, -0.15) is 0 Å². The first kappa shape index (κ1) is 20.7. The molecule has 6 nitrogen and oxygen atoms in total. The Balaban J connectivity index is 1.67. The molecule has 1 aromatic rings. The standard InChI is InChI=1S/C22H34N4O2/c1-15-18(12-19(27)25-9-6-7-10-25)16(2)24-21(23-15)17-8-11-26(14-17)20(28)13-22(3,4)5/h17H,6-14H2,1-5H3/t17-/m0/s1. The Labute approximate surface area is 168 Å². The molecule has 154 valence electrons. The summed E-state index contributed by atoms with van der Waals surface area (Å²) in [5.41, 5.74) is 2.76. The van der Waals surface area contributed by atoms with Crippen LogP contribution in [0.15, 0.2) is 0 Å². The first-order valence-electron chi connectivity index (χ1n) is 10.5. The number of hydrogen-bond acceptors (Lipinski definition) is 4. The quantitative estimate of drug-likeness (QED) is 0.798. The van der Waals surface area contributed by atoms with Crippen molar-refractivity contribution < 1.29 is 9.59 Å². The van der Waals surface area contributed by atoms with Gasteiger partial charge in [0.05, 0.1) is 6.42 Å². The number of rotatable bonds is 4. The molecule has 28 heavy (non-hydrogen) atoms. The molecule has 0 saturated carbocycles. The molecule has 0 spiro atoms. The van der Waals surface area contributed by atoms with Crippen molar-refractivity contribution in [1.82, 2.24) is 19.8 Å². The Hall–Kier alpha value is -1.98. The molecule has 2 amide bonds. The second-order valence-corrected chi connectivity index (χ2v) is 9.56. The van der Waals surface area contributed by atoms with Crippen molar-refractivity contribution in [1.29, 1.82) is 0 Å². The number of aryl methyl sites for hydroxylation is 2. The molecule has 2 fully saturated rings. The van der Waals surface area contributed by atoms with E-state index in [4.69, 9.17) is 9.97 Å². The van der Waals surface area contributed by atoms with Crippen LogP contribution in [0.4, 0.5) is 0 Å². The van der Waals surface area contributed by atoms with E-state index in [0.717, 1.165) is 61.7 Å². The van der Waals surface area contributed by atoms with E-state index >= 15 is 0 Å². The lowest BCUT2D eigenvalue weighted by molar-refractivity contribution is -0.132. The van der Waals surface area contributed by atoms with Crippen LogP contribution in [0, 0.1) is 19.3 Å². The maximum absolute atomic E-state index is 12.5. The number of carbonyl (C=O) groups is 2. The summed E-state index contributed by atoms with van der Waals surface area (Å²) in [5, 5.41) is 0. The van der Waals surface area contributed by atoms with Crippen LogP contribution in [-0.2, 0) is 16.0 Å². The molecule has 1 atom stereocenters. The summed E-state index contributed by atoms with van der Waals surface area (Å²) in [6.07, 6.45) is 4.06. The number of aromatic nitrogens is 2. The average molecular weight is 387 g/mol. The maximum Gasteiger partial charge on any atom is 0.227 e. The minimum absolute atomic E-state index is 0.00235. The maximum atomic E-state index is 12.5. The minimum Gasteiger partial charge on any atom is -0.342 e. The second kappa shape index (κ2) is 8.18. The third-order valence-corrected chi connectivity index (χ3v) is 5.81. The fraction of sp³-hybridized carbons (Fsp3) is 0.727. The molecule has 2 aliphatic rings. The highest BCUT2D eigenvalue weighted by Crippen LogP contribution is 2.29. The zero-order chi connectivity index (χ0) is 20.5. The van der Waals surface area contributed by atoms with Gasteiger partial charge in [0, 0.05) is 55.5 Å². The molecule has 2 saturated heterocycles. The third kappa shape index (κ3) is 4.89. The molecule has 6 heteroatoms. The van der Waals surface area contributed by atoms with Crippen molar-refractivity contribution in [3.8, 4) is 0 Å². The van der Waals surface area contributed by atoms with Crippen LogP contribution >= 0.6 is 0 Å². The van der Waals surface area contributed by atoms with Gasteiger partial charge in [0.1, 0.15) is 5.82 Å². The lowest BCUT2D eigenvalue weighted by Gasteiger charge is -2.23. The topological polar surface area (TPSA) is 66.4 Å². The lowest BCUT2D eigenvalue weighted by Crippen LogP contribution is -2.31. The zero-order valence-electron chi connectivity index (χ0n) is 18.0. The van der Waals surface area contributed by atoms with Gasteiger partial charge in [-0.05, 0) is 38.5 Å². The van der Waals surface area contributed by atoms with Gasteiger partial charge in [-0.15, -0.1) is 0 Å². The van der Waals surface area contributed by atoms with Gasteiger partial charge < -0.3 is 9.80 Å². The van der Waals surface area contributed by atoms with Crippen molar-refractivity contribution in [2.24, 2.45) is 5.41 Å².